The first-order valence-corrected chi connectivity index (χ1v) is 10.3. The summed E-state index contributed by atoms with van der Waals surface area (Å²) in [6, 6.07) is 17.7. The fourth-order valence-electron chi connectivity index (χ4n) is 3.48. The summed E-state index contributed by atoms with van der Waals surface area (Å²) in [5, 5.41) is 1.05. The summed E-state index contributed by atoms with van der Waals surface area (Å²) in [5.41, 5.74) is 4.48. The van der Waals surface area contributed by atoms with Gasteiger partial charge in [-0.25, -0.2) is 4.79 Å². The van der Waals surface area contributed by atoms with Crippen LogP contribution >= 0.6 is 23.2 Å². The quantitative estimate of drug-likeness (QED) is 0.342. The van der Waals surface area contributed by atoms with E-state index in [9.17, 15) is 9.59 Å². The van der Waals surface area contributed by atoms with Crippen molar-refractivity contribution in [3.05, 3.63) is 104 Å². The maximum atomic E-state index is 12.8. The predicted molar refractivity (Wildman–Crippen MR) is 121 cm³/mol. The van der Waals surface area contributed by atoms with Crippen LogP contribution in [0.15, 0.2) is 66.2 Å². The Morgan fingerprint density at radius 3 is 2.39 bits per heavy atom. The van der Waals surface area contributed by atoms with Crippen LogP contribution in [0.25, 0.3) is 6.08 Å². The van der Waals surface area contributed by atoms with Gasteiger partial charge in [-0.1, -0.05) is 35.3 Å². The molecule has 0 N–H and O–H groups in total. The Balaban J connectivity index is 1.47. The van der Waals surface area contributed by atoms with Crippen molar-refractivity contribution in [2.75, 3.05) is 7.11 Å². The van der Waals surface area contributed by atoms with Crippen LogP contribution in [0.3, 0.4) is 0 Å². The molecule has 0 unspecified atom stereocenters. The zero-order valence-corrected chi connectivity index (χ0v) is 18.2. The summed E-state index contributed by atoms with van der Waals surface area (Å²) in [5.74, 6) is 0.298. The van der Waals surface area contributed by atoms with Crippen molar-refractivity contribution in [3.63, 3.8) is 0 Å². The van der Waals surface area contributed by atoms with Crippen LogP contribution in [0, 0.1) is 0 Å². The molecule has 0 spiro atoms. The highest BCUT2D eigenvalue weighted by Crippen LogP contribution is 2.32. The fourth-order valence-corrected chi connectivity index (χ4v) is 4.03. The van der Waals surface area contributed by atoms with Gasteiger partial charge in [0.05, 0.1) is 12.7 Å². The summed E-state index contributed by atoms with van der Waals surface area (Å²) in [7, 11) is 1.35. The minimum absolute atomic E-state index is 0.00366. The third-order valence-corrected chi connectivity index (χ3v) is 5.44. The molecule has 0 aliphatic heterocycles. The first-order chi connectivity index (χ1) is 14.9. The number of hydrogen-bond donors (Lipinski definition) is 0. The van der Waals surface area contributed by atoms with Crippen LogP contribution in [0.4, 0.5) is 0 Å². The molecule has 0 aromatic heterocycles. The Hall–Kier alpha value is -3.08. The van der Waals surface area contributed by atoms with Gasteiger partial charge in [0.1, 0.15) is 12.4 Å². The third kappa shape index (κ3) is 4.82. The molecule has 0 heterocycles. The summed E-state index contributed by atoms with van der Waals surface area (Å²) >= 11 is 12.1. The Morgan fingerprint density at radius 1 is 1.00 bits per heavy atom. The van der Waals surface area contributed by atoms with Crippen molar-refractivity contribution in [2.24, 2.45) is 0 Å². The molecule has 0 saturated heterocycles. The number of benzene rings is 3. The standard InChI is InChI=1S/C25H18Cl2O4/c1-30-25(29)17-4-2-15(3-5-17)14-31-22-6-7-23-18(12-22)11-19(24(23)28)8-16-9-20(26)13-21(27)10-16/h2-10,12-13H,11,14H2,1H3/b19-8+. The van der Waals surface area contributed by atoms with Crippen molar-refractivity contribution in [1.29, 1.82) is 0 Å². The first-order valence-electron chi connectivity index (χ1n) is 9.57. The summed E-state index contributed by atoms with van der Waals surface area (Å²) in [6.45, 7) is 0.345. The molecule has 0 saturated carbocycles. The topological polar surface area (TPSA) is 52.6 Å². The highest BCUT2D eigenvalue weighted by molar-refractivity contribution is 6.34. The largest absolute Gasteiger partial charge is 0.489 e. The van der Waals surface area contributed by atoms with Crippen LogP contribution in [0.2, 0.25) is 10.0 Å². The number of rotatable bonds is 5. The number of ether oxygens (including phenoxy) is 2. The second-order valence-corrected chi connectivity index (χ2v) is 8.05. The number of hydrogen-bond acceptors (Lipinski definition) is 4. The van der Waals surface area contributed by atoms with Gasteiger partial charge in [0.25, 0.3) is 0 Å². The molecule has 156 valence electrons. The lowest BCUT2D eigenvalue weighted by molar-refractivity contribution is 0.0600. The van der Waals surface area contributed by atoms with Crippen molar-refractivity contribution in [2.45, 2.75) is 13.0 Å². The van der Waals surface area contributed by atoms with E-state index >= 15 is 0 Å². The predicted octanol–water partition coefficient (Wildman–Crippen LogP) is 6.18. The number of allylic oxidation sites excluding steroid dienone is 1. The zero-order chi connectivity index (χ0) is 22.0. The van der Waals surface area contributed by atoms with E-state index in [1.807, 2.05) is 24.3 Å². The number of halogens is 2. The highest BCUT2D eigenvalue weighted by Gasteiger charge is 2.25. The first kappa shape index (κ1) is 21.2. The van der Waals surface area contributed by atoms with E-state index in [0.29, 0.717) is 45.5 Å². The van der Waals surface area contributed by atoms with E-state index in [-0.39, 0.29) is 11.8 Å². The van der Waals surface area contributed by atoms with Gasteiger partial charge in [0.2, 0.25) is 0 Å². The molecule has 3 aromatic carbocycles. The summed E-state index contributed by atoms with van der Waals surface area (Å²) in [4.78, 5) is 24.3. The van der Waals surface area contributed by atoms with Crippen LogP contribution in [0.1, 0.15) is 37.4 Å². The van der Waals surface area contributed by atoms with Crippen molar-refractivity contribution < 1.29 is 19.1 Å². The molecule has 0 radical (unpaired) electrons. The van der Waals surface area contributed by atoms with E-state index in [2.05, 4.69) is 0 Å². The Labute approximate surface area is 190 Å². The molecule has 31 heavy (non-hydrogen) atoms. The number of carbonyl (C=O) groups is 2. The molecular weight excluding hydrogens is 435 g/mol. The van der Waals surface area contributed by atoms with Crippen molar-refractivity contribution in [3.8, 4) is 5.75 Å². The number of esters is 1. The maximum absolute atomic E-state index is 12.8. The molecule has 6 heteroatoms. The molecule has 4 rings (SSSR count). The maximum Gasteiger partial charge on any atom is 0.337 e. The zero-order valence-electron chi connectivity index (χ0n) is 16.7. The lowest BCUT2D eigenvalue weighted by atomic mass is 10.1. The SMILES string of the molecule is COC(=O)c1ccc(COc2ccc3c(c2)C/C(=C\c2cc(Cl)cc(Cl)c2)C3=O)cc1. The van der Waals surface area contributed by atoms with Crippen LogP contribution in [-0.2, 0) is 17.8 Å². The molecular formula is C25H18Cl2O4. The fraction of sp³-hybridized carbons (Fsp3) is 0.120. The number of carbonyl (C=O) groups excluding carboxylic acids is 2. The Bertz CT molecular complexity index is 1180. The van der Waals surface area contributed by atoms with Gasteiger partial charge in [0, 0.05) is 27.6 Å². The summed E-state index contributed by atoms with van der Waals surface area (Å²) < 4.78 is 10.6. The average molecular weight is 453 g/mol. The monoisotopic (exact) mass is 452 g/mol. The molecule has 0 amide bonds. The van der Waals surface area contributed by atoms with Crippen LogP contribution in [-0.4, -0.2) is 18.9 Å². The van der Waals surface area contributed by atoms with Crippen LogP contribution in [0.5, 0.6) is 5.75 Å². The average Bonchev–Trinajstić information content (AvgIpc) is 3.06. The number of ketones is 1. The molecule has 0 bridgehead atoms. The van der Waals surface area contributed by atoms with Crippen molar-refractivity contribution >= 4 is 41.0 Å². The number of Topliss-reactive ketones (excluding diaryl/α,β-unsaturated/α-hetero) is 1. The molecule has 1 aliphatic rings. The van der Waals surface area contributed by atoms with Crippen LogP contribution < -0.4 is 4.74 Å². The molecule has 0 fully saturated rings. The van der Waals surface area contributed by atoms with Gasteiger partial charge >= 0.3 is 5.97 Å². The second kappa shape index (κ2) is 8.96. The molecule has 0 atom stereocenters. The molecule has 4 nitrogen and oxygen atoms in total. The molecule has 3 aromatic rings. The van der Waals surface area contributed by atoms with Gasteiger partial charge in [0.15, 0.2) is 5.78 Å². The van der Waals surface area contributed by atoms with E-state index in [1.54, 1.807) is 42.5 Å². The number of methoxy groups -OCH3 is 1. The van der Waals surface area contributed by atoms with Gasteiger partial charge in [-0.3, -0.25) is 4.79 Å². The van der Waals surface area contributed by atoms with E-state index in [4.69, 9.17) is 32.7 Å². The van der Waals surface area contributed by atoms with E-state index < -0.39 is 0 Å². The van der Waals surface area contributed by atoms with Gasteiger partial charge in [-0.2, -0.15) is 0 Å². The summed E-state index contributed by atoms with van der Waals surface area (Å²) in [6.07, 6.45) is 2.34. The highest BCUT2D eigenvalue weighted by atomic mass is 35.5. The smallest absolute Gasteiger partial charge is 0.337 e. The minimum atomic E-state index is -0.375. The van der Waals surface area contributed by atoms with Crippen molar-refractivity contribution in [1.82, 2.24) is 0 Å². The van der Waals surface area contributed by atoms with Gasteiger partial charge < -0.3 is 9.47 Å². The lowest BCUT2D eigenvalue weighted by Crippen LogP contribution is -2.02. The van der Waals surface area contributed by atoms with E-state index in [1.165, 1.54) is 7.11 Å². The van der Waals surface area contributed by atoms with E-state index in [0.717, 1.165) is 16.7 Å². The normalized spacial score (nSPS) is 13.9. The number of fused-ring (bicyclic) bond motifs is 1. The van der Waals surface area contributed by atoms with Gasteiger partial charge in [-0.05, 0) is 71.3 Å². The third-order valence-electron chi connectivity index (χ3n) is 5.00. The second-order valence-electron chi connectivity index (χ2n) is 7.17. The van der Waals surface area contributed by atoms with Gasteiger partial charge in [-0.15, -0.1) is 0 Å². The minimum Gasteiger partial charge on any atom is -0.489 e. The lowest BCUT2D eigenvalue weighted by Gasteiger charge is -2.08. The Kier molecular flexibility index (Phi) is 6.12. The molecule has 1 aliphatic carbocycles. The Morgan fingerprint density at radius 2 is 1.71 bits per heavy atom.